The van der Waals surface area contributed by atoms with Gasteiger partial charge in [0.2, 0.25) is 0 Å². The van der Waals surface area contributed by atoms with Gasteiger partial charge in [0.1, 0.15) is 0 Å². The fourth-order valence-corrected chi connectivity index (χ4v) is 2.11. The Labute approximate surface area is 111 Å². The number of halogens is 1. The molecule has 0 saturated heterocycles. The molecule has 3 nitrogen and oxygen atoms in total. The van der Waals surface area contributed by atoms with Crippen molar-refractivity contribution in [3.8, 4) is 11.5 Å². The maximum absolute atomic E-state index is 9.40. The first-order valence-electron chi connectivity index (χ1n) is 5.58. The lowest BCUT2D eigenvalue weighted by Gasteiger charge is -2.24. The Morgan fingerprint density at radius 3 is 2.47 bits per heavy atom. The van der Waals surface area contributed by atoms with Crippen LogP contribution in [-0.4, -0.2) is 25.4 Å². The topological polar surface area (TPSA) is 38.7 Å². The summed E-state index contributed by atoms with van der Waals surface area (Å²) in [4.78, 5) is 0. The zero-order valence-electron chi connectivity index (χ0n) is 10.7. The summed E-state index contributed by atoms with van der Waals surface area (Å²) in [5.74, 6) is 1.38. The van der Waals surface area contributed by atoms with Gasteiger partial charge in [-0.15, -0.1) is 0 Å². The molecular weight excluding hydrogens is 284 g/mol. The predicted octanol–water partition coefficient (Wildman–Crippen LogP) is 3.13. The van der Waals surface area contributed by atoms with Crippen molar-refractivity contribution < 1.29 is 14.6 Å². The molecule has 0 aliphatic heterocycles. The van der Waals surface area contributed by atoms with E-state index in [9.17, 15) is 5.11 Å². The van der Waals surface area contributed by atoms with E-state index in [0.29, 0.717) is 18.1 Å². The van der Waals surface area contributed by atoms with Crippen LogP contribution in [0.3, 0.4) is 0 Å². The molecule has 4 heteroatoms. The summed E-state index contributed by atoms with van der Waals surface area (Å²) in [6.45, 7) is 6.55. The minimum Gasteiger partial charge on any atom is -0.492 e. The second-order valence-corrected chi connectivity index (χ2v) is 5.32. The molecule has 1 rings (SSSR count). The van der Waals surface area contributed by atoms with Crippen LogP contribution in [0.4, 0.5) is 0 Å². The van der Waals surface area contributed by atoms with Gasteiger partial charge >= 0.3 is 0 Å². The van der Waals surface area contributed by atoms with Crippen LogP contribution < -0.4 is 9.47 Å². The van der Waals surface area contributed by atoms with Crippen LogP contribution in [0, 0.1) is 0 Å². The van der Waals surface area contributed by atoms with Crippen molar-refractivity contribution >= 4 is 15.9 Å². The summed E-state index contributed by atoms with van der Waals surface area (Å²) in [6.07, 6.45) is 0. The Morgan fingerprint density at radius 1 is 1.35 bits per heavy atom. The molecule has 1 aromatic rings. The van der Waals surface area contributed by atoms with Gasteiger partial charge in [-0.1, -0.05) is 13.8 Å². The molecule has 0 fully saturated rings. The summed E-state index contributed by atoms with van der Waals surface area (Å²) >= 11 is 3.46. The van der Waals surface area contributed by atoms with Gasteiger partial charge in [-0.3, -0.25) is 0 Å². The molecule has 0 spiro atoms. The monoisotopic (exact) mass is 302 g/mol. The van der Waals surface area contributed by atoms with Crippen LogP contribution in [-0.2, 0) is 5.41 Å². The Balaban J connectivity index is 3.28. The Bertz CT molecular complexity index is 388. The Hall–Kier alpha value is -0.740. The lowest BCUT2D eigenvalue weighted by molar-refractivity contribution is 0.217. The highest BCUT2D eigenvalue weighted by atomic mass is 79.9. The number of ether oxygens (including phenoxy) is 2. The molecule has 0 radical (unpaired) electrons. The fraction of sp³-hybridized carbons (Fsp3) is 0.538. The van der Waals surface area contributed by atoms with E-state index >= 15 is 0 Å². The first-order chi connectivity index (χ1) is 7.96. The second-order valence-electron chi connectivity index (χ2n) is 4.46. The molecule has 0 aliphatic rings. The van der Waals surface area contributed by atoms with Crippen LogP contribution in [0.25, 0.3) is 0 Å². The molecule has 96 valence electrons. The highest BCUT2D eigenvalue weighted by molar-refractivity contribution is 9.10. The van der Waals surface area contributed by atoms with Crippen molar-refractivity contribution in [1.29, 1.82) is 0 Å². The van der Waals surface area contributed by atoms with Gasteiger partial charge in [-0.25, -0.2) is 0 Å². The third-order valence-electron chi connectivity index (χ3n) is 2.69. The number of rotatable bonds is 5. The summed E-state index contributed by atoms with van der Waals surface area (Å²) in [6, 6.07) is 3.88. The number of aliphatic hydroxyl groups is 1. The van der Waals surface area contributed by atoms with E-state index < -0.39 is 0 Å². The lowest BCUT2D eigenvalue weighted by atomic mass is 9.85. The third-order valence-corrected chi connectivity index (χ3v) is 3.28. The van der Waals surface area contributed by atoms with Crippen molar-refractivity contribution in [3.05, 3.63) is 22.2 Å². The molecule has 0 aliphatic carbocycles. The fourth-order valence-electron chi connectivity index (χ4n) is 1.51. The van der Waals surface area contributed by atoms with Gasteiger partial charge in [-0.2, -0.15) is 0 Å². The number of benzene rings is 1. The molecule has 0 bridgehead atoms. The molecule has 1 N–H and O–H groups in total. The molecule has 0 saturated carbocycles. The van der Waals surface area contributed by atoms with Gasteiger partial charge in [0.15, 0.2) is 11.5 Å². The number of methoxy groups -OCH3 is 1. The highest BCUT2D eigenvalue weighted by Gasteiger charge is 2.23. The van der Waals surface area contributed by atoms with Crippen LogP contribution in [0.2, 0.25) is 0 Å². The van der Waals surface area contributed by atoms with Crippen molar-refractivity contribution in [2.45, 2.75) is 26.2 Å². The largest absolute Gasteiger partial charge is 0.492 e. The zero-order valence-corrected chi connectivity index (χ0v) is 12.3. The van der Waals surface area contributed by atoms with E-state index in [0.717, 1.165) is 10.0 Å². The Kier molecular flexibility index (Phi) is 4.83. The van der Waals surface area contributed by atoms with Crippen LogP contribution in [0.5, 0.6) is 11.5 Å². The lowest BCUT2D eigenvalue weighted by Crippen LogP contribution is -2.22. The molecule has 17 heavy (non-hydrogen) atoms. The summed E-state index contributed by atoms with van der Waals surface area (Å²) < 4.78 is 11.7. The summed E-state index contributed by atoms with van der Waals surface area (Å²) in [7, 11) is 1.61. The van der Waals surface area contributed by atoms with E-state index in [4.69, 9.17) is 9.47 Å². The third kappa shape index (κ3) is 3.13. The first kappa shape index (κ1) is 14.3. The normalized spacial score (nSPS) is 11.4. The predicted molar refractivity (Wildman–Crippen MR) is 72.0 cm³/mol. The van der Waals surface area contributed by atoms with E-state index in [-0.39, 0.29) is 12.0 Å². The van der Waals surface area contributed by atoms with E-state index in [2.05, 4.69) is 15.9 Å². The van der Waals surface area contributed by atoms with Crippen LogP contribution in [0.1, 0.15) is 26.3 Å². The van der Waals surface area contributed by atoms with E-state index in [1.54, 1.807) is 7.11 Å². The summed E-state index contributed by atoms with van der Waals surface area (Å²) in [5.41, 5.74) is 0.705. The average molecular weight is 303 g/mol. The number of aliphatic hydroxyl groups excluding tert-OH is 1. The van der Waals surface area contributed by atoms with Gasteiger partial charge in [-0.05, 0) is 40.5 Å². The molecule has 0 amide bonds. The smallest absolute Gasteiger partial charge is 0.174 e. The summed E-state index contributed by atoms with van der Waals surface area (Å²) in [5, 5.41) is 9.40. The van der Waals surface area contributed by atoms with Crippen LogP contribution in [0.15, 0.2) is 16.6 Å². The van der Waals surface area contributed by atoms with Crippen molar-refractivity contribution in [2.75, 3.05) is 20.3 Å². The highest BCUT2D eigenvalue weighted by Crippen LogP contribution is 2.39. The van der Waals surface area contributed by atoms with Crippen molar-refractivity contribution in [2.24, 2.45) is 0 Å². The molecule has 0 aromatic heterocycles. The number of hydrogen-bond acceptors (Lipinski definition) is 3. The van der Waals surface area contributed by atoms with E-state index in [1.807, 2.05) is 32.9 Å². The van der Waals surface area contributed by atoms with Crippen molar-refractivity contribution in [3.63, 3.8) is 0 Å². The average Bonchev–Trinajstić information content (AvgIpc) is 2.29. The first-order valence-corrected chi connectivity index (χ1v) is 6.37. The van der Waals surface area contributed by atoms with Crippen LogP contribution >= 0.6 is 15.9 Å². The van der Waals surface area contributed by atoms with Gasteiger partial charge in [0, 0.05) is 5.41 Å². The minimum atomic E-state index is -0.305. The van der Waals surface area contributed by atoms with Gasteiger partial charge in [0.25, 0.3) is 0 Å². The minimum absolute atomic E-state index is 0.0807. The molecule has 1 aromatic carbocycles. The maximum atomic E-state index is 9.40. The van der Waals surface area contributed by atoms with E-state index in [1.165, 1.54) is 0 Å². The Morgan fingerprint density at radius 2 is 2.00 bits per heavy atom. The second kappa shape index (κ2) is 5.74. The molecule has 0 unspecified atom stereocenters. The van der Waals surface area contributed by atoms with Crippen molar-refractivity contribution in [1.82, 2.24) is 0 Å². The molecular formula is C13H19BrO3. The van der Waals surface area contributed by atoms with Gasteiger partial charge < -0.3 is 14.6 Å². The molecule has 0 atom stereocenters. The SMILES string of the molecule is CCOc1cc(C(C)(C)CO)cc(Br)c1OC. The standard InChI is InChI=1S/C13H19BrO3/c1-5-17-11-7-9(13(2,3)8-15)6-10(14)12(11)16-4/h6-7,15H,5,8H2,1-4H3. The number of hydrogen-bond donors (Lipinski definition) is 1. The maximum Gasteiger partial charge on any atom is 0.174 e. The zero-order chi connectivity index (χ0) is 13.1. The quantitative estimate of drug-likeness (QED) is 0.908. The molecule has 0 heterocycles. The van der Waals surface area contributed by atoms with Gasteiger partial charge in [0.05, 0.1) is 24.8 Å².